The van der Waals surface area contributed by atoms with Crippen LogP contribution in [0.1, 0.15) is 265 Å². The van der Waals surface area contributed by atoms with Crippen molar-refractivity contribution in [2.24, 2.45) is 0 Å². The number of hydrogen-bond donors (Lipinski definition) is 0. The third kappa shape index (κ3) is 58.6. The van der Waals surface area contributed by atoms with Gasteiger partial charge in [0.15, 0.2) is 6.10 Å². The van der Waals surface area contributed by atoms with E-state index in [1.54, 1.807) is 0 Å². The number of carbonyl (C=O) groups is 3. The standard InChI is InChI=1S/C67H110O6/c1-4-7-10-13-16-18-20-22-24-26-28-29-30-31-32-33-34-35-36-37-38-39-40-42-43-45-47-49-51-54-57-60-66(69)72-63-64(62-71-65(68)59-56-53-15-12-9-6-3)73-67(70)61-58-55-52-50-48-46-44-41-27-25-23-21-19-17-14-11-8-5-2/h7,10,16,18,22,24-25,27-29,31-32,34-35,37-38,40,42,45,47,64H,4-6,8-9,11-15,17,19-21,23,26,30,33,36,39,41,43-44,46,48-63H2,1-3H3/b10-7-,18-16-,24-22-,27-25-,29-28-,32-31-,35-34-,38-37-,42-40-,47-45-. The monoisotopic (exact) mass is 1010 g/mol. The summed E-state index contributed by atoms with van der Waals surface area (Å²) < 4.78 is 16.7. The maximum atomic E-state index is 12.8. The normalized spacial score (nSPS) is 13.0. The van der Waals surface area contributed by atoms with Crippen LogP contribution in [-0.2, 0) is 28.6 Å². The molecule has 73 heavy (non-hydrogen) atoms. The van der Waals surface area contributed by atoms with Crippen LogP contribution in [-0.4, -0.2) is 37.2 Å². The average Bonchev–Trinajstić information content (AvgIpc) is 3.39. The fourth-order valence-corrected chi connectivity index (χ4v) is 7.96. The number of unbranched alkanes of at least 4 members (excludes halogenated alkanes) is 22. The molecular formula is C67H110O6. The van der Waals surface area contributed by atoms with E-state index in [0.717, 1.165) is 122 Å². The predicted octanol–water partition coefficient (Wildman–Crippen LogP) is 20.4. The summed E-state index contributed by atoms with van der Waals surface area (Å²) in [5.74, 6) is -0.941. The highest BCUT2D eigenvalue weighted by Gasteiger charge is 2.19. The zero-order valence-electron chi connectivity index (χ0n) is 47.4. The summed E-state index contributed by atoms with van der Waals surface area (Å²) in [6.07, 6.45) is 83.7. The van der Waals surface area contributed by atoms with E-state index in [-0.39, 0.29) is 31.1 Å². The van der Waals surface area contributed by atoms with E-state index in [2.05, 4.69) is 142 Å². The van der Waals surface area contributed by atoms with Crippen LogP contribution >= 0.6 is 0 Å². The molecule has 414 valence electrons. The highest BCUT2D eigenvalue weighted by molar-refractivity contribution is 5.71. The molecule has 0 rings (SSSR count). The van der Waals surface area contributed by atoms with Crippen molar-refractivity contribution >= 4 is 17.9 Å². The first kappa shape index (κ1) is 68.8. The lowest BCUT2D eigenvalue weighted by Gasteiger charge is -2.18. The fraction of sp³-hybridized carbons (Fsp3) is 0.657. The van der Waals surface area contributed by atoms with Gasteiger partial charge in [0.1, 0.15) is 13.2 Å². The van der Waals surface area contributed by atoms with Gasteiger partial charge in [-0.2, -0.15) is 0 Å². The van der Waals surface area contributed by atoms with Crippen LogP contribution in [0.2, 0.25) is 0 Å². The lowest BCUT2D eigenvalue weighted by molar-refractivity contribution is -0.167. The molecule has 0 aromatic heterocycles. The van der Waals surface area contributed by atoms with E-state index in [1.807, 2.05) is 0 Å². The van der Waals surface area contributed by atoms with Crippen molar-refractivity contribution in [2.75, 3.05) is 13.2 Å². The maximum Gasteiger partial charge on any atom is 0.306 e. The Morgan fingerprint density at radius 2 is 0.534 bits per heavy atom. The molecule has 1 atom stereocenters. The van der Waals surface area contributed by atoms with Crippen LogP contribution in [0.5, 0.6) is 0 Å². The Labute approximate surface area is 450 Å². The van der Waals surface area contributed by atoms with Gasteiger partial charge in [-0.15, -0.1) is 0 Å². The molecule has 6 nitrogen and oxygen atoms in total. The Bertz CT molecular complexity index is 1540. The highest BCUT2D eigenvalue weighted by atomic mass is 16.6. The summed E-state index contributed by atoms with van der Waals surface area (Å²) in [6.45, 7) is 6.43. The smallest absolute Gasteiger partial charge is 0.306 e. The third-order valence-electron chi connectivity index (χ3n) is 12.5. The number of rotatable bonds is 53. The second-order valence-corrected chi connectivity index (χ2v) is 19.5. The molecule has 0 bridgehead atoms. The van der Waals surface area contributed by atoms with Crippen molar-refractivity contribution in [1.82, 2.24) is 0 Å². The number of ether oxygens (including phenoxy) is 3. The van der Waals surface area contributed by atoms with Gasteiger partial charge >= 0.3 is 17.9 Å². The Morgan fingerprint density at radius 1 is 0.288 bits per heavy atom. The first-order valence-electron chi connectivity index (χ1n) is 30.0. The summed E-state index contributed by atoms with van der Waals surface area (Å²) >= 11 is 0. The molecular weight excluding hydrogens is 901 g/mol. The Kier molecular flexibility index (Phi) is 56.9. The molecule has 0 spiro atoms. The van der Waals surface area contributed by atoms with Gasteiger partial charge in [-0.25, -0.2) is 0 Å². The summed E-state index contributed by atoms with van der Waals surface area (Å²) in [7, 11) is 0. The number of allylic oxidation sites excluding steroid dienone is 20. The minimum Gasteiger partial charge on any atom is -0.462 e. The minimum absolute atomic E-state index is 0.0920. The Morgan fingerprint density at radius 3 is 0.863 bits per heavy atom. The van der Waals surface area contributed by atoms with Crippen LogP contribution in [0.4, 0.5) is 0 Å². The van der Waals surface area contributed by atoms with Gasteiger partial charge < -0.3 is 14.2 Å². The van der Waals surface area contributed by atoms with Crippen molar-refractivity contribution in [3.05, 3.63) is 122 Å². The van der Waals surface area contributed by atoms with Crippen LogP contribution in [0.15, 0.2) is 122 Å². The molecule has 1 unspecified atom stereocenters. The lowest BCUT2D eigenvalue weighted by atomic mass is 10.1. The second-order valence-electron chi connectivity index (χ2n) is 19.5. The molecule has 0 radical (unpaired) electrons. The molecule has 0 N–H and O–H groups in total. The zero-order chi connectivity index (χ0) is 52.9. The van der Waals surface area contributed by atoms with Crippen LogP contribution < -0.4 is 0 Å². The van der Waals surface area contributed by atoms with Gasteiger partial charge in [0.2, 0.25) is 0 Å². The van der Waals surface area contributed by atoms with Gasteiger partial charge in [-0.3, -0.25) is 14.4 Å². The molecule has 0 aromatic carbocycles. The van der Waals surface area contributed by atoms with Gasteiger partial charge in [-0.05, 0) is 116 Å². The first-order chi connectivity index (χ1) is 36.0. The molecule has 0 saturated carbocycles. The van der Waals surface area contributed by atoms with Gasteiger partial charge in [0.25, 0.3) is 0 Å². The summed E-state index contributed by atoms with van der Waals surface area (Å²) in [4.78, 5) is 37.9. The number of hydrogen-bond acceptors (Lipinski definition) is 6. The third-order valence-corrected chi connectivity index (χ3v) is 12.5. The minimum atomic E-state index is -0.793. The molecule has 0 saturated heterocycles. The zero-order valence-corrected chi connectivity index (χ0v) is 47.4. The number of carbonyl (C=O) groups excluding carboxylic acids is 3. The Balaban J connectivity index is 4.22. The quantitative estimate of drug-likeness (QED) is 0.0261. The van der Waals surface area contributed by atoms with Crippen molar-refractivity contribution in [1.29, 1.82) is 0 Å². The molecule has 0 aliphatic rings. The number of esters is 3. The molecule has 0 aliphatic heterocycles. The largest absolute Gasteiger partial charge is 0.462 e. The van der Waals surface area contributed by atoms with Gasteiger partial charge in [0.05, 0.1) is 0 Å². The van der Waals surface area contributed by atoms with E-state index in [1.165, 1.54) is 103 Å². The van der Waals surface area contributed by atoms with Crippen molar-refractivity contribution in [3.8, 4) is 0 Å². The molecule has 0 heterocycles. The molecule has 0 amide bonds. The topological polar surface area (TPSA) is 78.9 Å². The van der Waals surface area contributed by atoms with E-state index in [9.17, 15) is 14.4 Å². The van der Waals surface area contributed by atoms with Crippen molar-refractivity contribution in [2.45, 2.75) is 271 Å². The SMILES string of the molecule is CC/C=C\C/C=C\C/C=C\C/C=C\C/C=C\C/C=C\C/C=C\C/C=C\C/C=C\CCCCCC(=O)OCC(COC(=O)CCCCCCCC)OC(=O)CCCCCCCCC/C=C\CCCCCCCCC. The molecule has 0 aliphatic carbocycles. The van der Waals surface area contributed by atoms with Gasteiger partial charge in [-0.1, -0.05) is 251 Å². The van der Waals surface area contributed by atoms with E-state index < -0.39 is 6.10 Å². The molecule has 0 aromatic rings. The second kappa shape index (κ2) is 60.4. The van der Waals surface area contributed by atoms with Crippen LogP contribution in [0.3, 0.4) is 0 Å². The van der Waals surface area contributed by atoms with Crippen LogP contribution in [0, 0.1) is 0 Å². The first-order valence-corrected chi connectivity index (χ1v) is 30.0. The van der Waals surface area contributed by atoms with Crippen LogP contribution in [0.25, 0.3) is 0 Å². The fourth-order valence-electron chi connectivity index (χ4n) is 7.96. The Hall–Kier alpha value is -4.19. The van der Waals surface area contributed by atoms with E-state index in [4.69, 9.17) is 14.2 Å². The predicted molar refractivity (Wildman–Crippen MR) is 316 cm³/mol. The summed E-state index contributed by atoms with van der Waals surface area (Å²) in [6, 6.07) is 0. The maximum absolute atomic E-state index is 12.8. The molecule has 0 fully saturated rings. The summed E-state index contributed by atoms with van der Waals surface area (Å²) in [5.41, 5.74) is 0. The summed E-state index contributed by atoms with van der Waals surface area (Å²) in [5, 5.41) is 0. The van der Waals surface area contributed by atoms with Gasteiger partial charge in [0, 0.05) is 19.3 Å². The van der Waals surface area contributed by atoms with E-state index in [0.29, 0.717) is 19.3 Å². The van der Waals surface area contributed by atoms with E-state index >= 15 is 0 Å². The van der Waals surface area contributed by atoms with Crippen molar-refractivity contribution in [3.63, 3.8) is 0 Å². The van der Waals surface area contributed by atoms with Crippen molar-refractivity contribution < 1.29 is 28.6 Å². The lowest BCUT2D eigenvalue weighted by Crippen LogP contribution is -2.30. The average molecular weight is 1010 g/mol. The molecule has 6 heteroatoms. The highest BCUT2D eigenvalue weighted by Crippen LogP contribution is 2.14.